The van der Waals surface area contributed by atoms with E-state index in [-0.39, 0.29) is 0 Å². The average Bonchev–Trinajstić information content (AvgIpc) is 2.04. The van der Waals surface area contributed by atoms with Crippen molar-refractivity contribution in [1.29, 1.82) is 0 Å². The number of hydrogen-bond acceptors (Lipinski definition) is 1. The van der Waals surface area contributed by atoms with Crippen LogP contribution in [0.3, 0.4) is 0 Å². The molecule has 0 saturated carbocycles. The SMILES string of the molecule is Cc1ccc(CC[CH]O)cc1. The Bertz CT molecular complexity index is 201. The van der Waals surface area contributed by atoms with E-state index in [2.05, 4.69) is 31.2 Å². The predicted molar refractivity (Wildman–Crippen MR) is 45.7 cm³/mol. The molecule has 0 heterocycles. The van der Waals surface area contributed by atoms with Crippen LogP contribution in [0.2, 0.25) is 0 Å². The molecule has 0 saturated heterocycles. The first-order chi connectivity index (χ1) is 5.33. The fourth-order valence-electron chi connectivity index (χ4n) is 0.986. The lowest BCUT2D eigenvalue weighted by Gasteiger charge is -1.98. The van der Waals surface area contributed by atoms with E-state index in [0.29, 0.717) is 0 Å². The summed E-state index contributed by atoms with van der Waals surface area (Å²) in [6.45, 7) is 3.28. The van der Waals surface area contributed by atoms with Crippen molar-refractivity contribution in [3.05, 3.63) is 42.0 Å². The summed E-state index contributed by atoms with van der Waals surface area (Å²) >= 11 is 0. The number of hydrogen-bond donors (Lipinski definition) is 1. The summed E-state index contributed by atoms with van der Waals surface area (Å²) in [6, 6.07) is 8.37. The van der Waals surface area contributed by atoms with Crippen LogP contribution in [-0.4, -0.2) is 5.11 Å². The molecular formula is C10H13O. The van der Waals surface area contributed by atoms with Crippen LogP contribution in [0.5, 0.6) is 0 Å². The highest BCUT2D eigenvalue weighted by atomic mass is 16.2. The van der Waals surface area contributed by atoms with E-state index in [1.165, 1.54) is 17.7 Å². The molecule has 1 rings (SSSR count). The maximum atomic E-state index is 8.46. The van der Waals surface area contributed by atoms with Crippen LogP contribution in [0.1, 0.15) is 17.5 Å². The minimum Gasteiger partial charge on any atom is -0.390 e. The van der Waals surface area contributed by atoms with Crippen molar-refractivity contribution in [2.75, 3.05) is 0 Å². The molecule has 0 aliphatic rings. The van der Waals surface area contributed by atoms with Crippen molar-refractivity contribution in [2.45, 2.75) is 19.8 Å². The number of benzene rings is 1. The Kier molecular flexibility index (Phi) is 3.12. The molecular weight excluding hydrogens is 136 g/mol. The zero-order chi connectivity index (χ0) is 8.10. The smallest absolute Gasteiger partial charge is 0.0802 e. The quantitative estimate of drug-likeness (QED) is 0.700. The van der Waals surface area contributed by atoms with Gasteiger partial charge in [0, 0.05) is 0 Å². The van der Waals surface area contributed by atoms with Gasteiger partial charge in [-0.1, -0.05) is 29.8 Å². The van der Waals surface area contributed by atoms with E-state index in [1.54, 1.807) is 0 Å². The van der Waals surface area contributed by atoms with Crippen LogP contribution in [0, 0.1) is 13.5 Å². The molecule has 0 aliphatic heterocycles. The average molecular weight is 149 g/mol. The molecule has 0 amide bonds. The van der Waals surface area contributed by atoms with E-state index in [0.717, 1.165) is 12.8 Å². The lowest BCUT2D eigenvalue weighted by Crippen LogP contribution is -1.85. The second-order valence-corrected chi connectivity index (χ2v) is 2.71. The van der Waals surface area contributed by atoms with Crippen LogP contribution in [0.15, 0.2) is 24.3 Å². The van der Waals surface area contributed by atoms with Gasteiger partial charge >= 0.3 is 0 Å². The predicted octanol–water partition coefficient (Wildman–Crippen LogP) is 2.46. The van der Waals surface area contributed by atoms with Gasteiger partial charge in [-0.15, -0.1) is 0 Å². The summed E-state index contributed by atoms with van der Waals surface area (Å²) in [5, 5.41) is 8.46. The van der Waals surface area contributed by atoms with Crippen LogP contribution in [-0.2, 0) is 6.42 Å². The summed E-state index contributed by atoms with van der Waals surface area (Å²) in [7, 11) is 0. The highest BCUT2D eigenvalue weighted by molar-refractivity contribution is 5.21. The first-order valence-corrected chi connectivity index (χ1v) is 3.84. The highest BCUT2D eigenvalue weighted by Crippen LogP contribution is 2.05. The minimum absolute atomic E-state index is 0.739. The molecule has 1 N–H and O–H groups in total. The van der Waals surface area contributed by atoms with E-state index in [1.807, 2.05) is 0 Å². The van der Waals surface area contributed by atoms with Gasteiger partial charge in [-0.3, -0.25) is 0 Å². The monoisotopic (exact) mass is 149 g/mol. The first kappa shape index (κ1) is 8.28. The summed E-state index contributed by atoms with van der Waals surface area (Å²) < 4.78 is 0. The normalized spacial score (nSPS) is 10.0. The third-order valence-electron chi connectivity index (χ3n) is 1.68. The van der Waals surface area contributed by atoms with Gasteiger partial charge in [-0.25, -0.2) is 0 Å². The summed E-state index contributed by atoms with van der Waals surface area (Å²) in [5.74, 6) is 0. The first-order valence-electron chi connectivity index (χ1n) is 3.84. The summed E-state index contributed by atoms with van der Waals surface area (Å²) in [5.41, 5.74) is 2.56. The molecule has 1 heteroatoms. The zero-order valence-electron chi connectivity index (χ0n) is 6.75. The second kappa shape index (κ2) is 4.14. The Morgan fingerprint density at radius 2 is 1.91 bits per heavy atom. The molecule has 0 atom stereocenters. The Labute approximate surface area is 67.7 Å². The molecule has 1 radical (unpaired) electrons. The van der Waals surface area contributed by atoms with E-state index < -0.39 is 0 Å². The molecule has 1 aromatic rings. The van der Waals surface area contributed by atoms with Crippen molar-refractivity contribution in [1.82, 2.24) is 0 Å². The van der Waals surface area contributed by atoms with Gasteiger partial charge in [-0.05, 0) is 25.3 Å². The fourth-order valence-corrected chi connectivity index (χ4v) is 0.986. The molecule has 0 bridgehead atoms. The molecule has 0 unspecified atom stereocenters. The standard InChI is InChI=1S/C10H13O/c1-9-4-6-10(7-5-9)3-2-8-11/h4-8,11H,2-3H2,1H3. The van der Waals surface area contributed by atoms with Crippen LogP contribution in [0.25, 0.3) is 0 Å². The lowest BCUT2D eigenvalue weighted by molar-refractivity contribution is 0.375. The van der Waals surface area contributed by atoms with Gasteiger partial charge in [-0.2, -0.15) is 0 Å². The largest absolute Gasteiger partial charge is 0.390 e. The molecule has 0 aromatic heterocycles. The van der Waals surface area contributed by atoms with Gasteiger partial charge in [0.15, 0.2) is 0 Å². The maximum Gasteiger partial charge on any atom is 0.0802 e. The maximum absolute atomic E-state index is 8.46. The number of aliphatic hydroxyl groups is 1. The van der Waals surface area contributed by atoms with Crippen molar-refractivity contribution >= 4 is 0 Å². The highest BCUT2D eigenvalue weighted by Gasteiger charge is 1.90. The third kappa shape index (κ3) is 2.72. The van der Waals surface area contributed by atoms with Crippen molar-refractivity contribution in [2.24, 2.45) is 0 Å². The fraction of sp³-hybridized carbons (Fsp3) is 0.300. The zero-order valence-corrected chi connectivity index (χ0v) is 6.75. The molecule has 59 valence electrons. The summed E-state index contributed by atoms with van der Waals surface area (Å²) in [4.78, 5) is 0. The third-order valence-corrected chi connectivity index (χ3v) is 1.68. The molecule has 0 spiro atoms. The molecule has 11 heavy (non-hydrogen) atoms. The number of rotatable bonds is 3. The Morgan fingerprint density at radius 3 is 2.45 bits per heavy atom. The van der Waals surface area contributed by atoms with Gasteiger partial charge in [0.1, 0.15) is 0 Å². The molecule has 0 aliphatic carbocycles. The number of aliphatic hydroxyl groups excluding tert-OH is 1. The van der Waals surface area contributed by atoms with Crippen molar-refractivity contribution in [3.8, 4) is 0 Å². The Hall–Kier alpha value is -0.820. The van der Waals surface area contributed by atoms with Crippen molar-refractivity contribution in [3.63, 3.8) is 0 Å². The van der Waals surface area contributed by atoms with Gasteiger partial charge < -0.3 is 5.11 Å². The van der Waals surface area contributed by atoms with Crippen LogP contribution in [0.4, 0.5) is 0 Å². The van der Waals surface area contributed by atoms with E-state index >= 15 is 0 Å². The molecule has 1 nitrogen and oxygen atoms in total. The Balaban J connectivity index is 2.52. The lowest BCUT2D eigenvalue weighted by atomic mass is 10.1. The molecule has 0 fully saturated rings. The minimum atomic E-state index is 0.739. The van der Waals surface area contributed by atoms with Crippen molar-refractivity contribution < 1.29 is 5.11 Å². The topological polar surface area (TPSA) is 20.2 Å². The van der Waals surface area contributed by atoms with E-state index in [9.17, 15) is 0 Å². The van der Waals surface area contributed by atoms with Crippen LogP contribution < -0.4 is 0 Å². The molecule has 1 aromatic carbocycles. The van der Waals surface area contributed by atoms with Gasteiger partial charge in [0.2, 0.25) is 0 Å². The van der Waals surface area contributed by atoms with E-state index in [4.69, 9.17) is 5.11 Å². The number of aryl methyl sites for hydroxylation is 2. The second-order valence-electron chi connectivity index (χ2n) is 2.71. The van der Waals surface area contributed by atoms with Gasteiger partial charge in [0.05, 0.1) is 6.61 Å². The Morgan fingerprint density at radius 1 is 1.27 bits per heavy atom. The van der Waals surface area contributed by atoms with Gasteiger partial charge in [0.25, 0.3) is 0 Å². The summed E-state index contributed by atoms with van der Waals surface area (Å²) in [6.07, 6.45) is 1.67. The van der Waals surface area contributed by atoms with Crippen LogP contribution >= 0.6 is 0 Å².